The molecule has 5 fully saturated rings. The van der Waals surface area contributed by atoms with Crippen molar-refractivity contribution < 1.29 is 24.1 Å². The van der Waals surface area contributed by atoms with Crippen molar-refractivity contribution in [1.82, 2.24) is 0 Å². The summed E-state index contributed by atoms with van der Waals surface area (Å²) in [6.07, 6.45) is 11.6. The minimum absolute atomic E-state index is 0.144. The van der Waals surface area contributed by atoms with Crippen molar-refractivity contribution >= 4 is 5.97 Å². The number of ether oxygens (including phenoxy) is 3. The topological polar surface area (TPSA) is 65.0 Å². The molecule has 0 spiro atoms. The third-order valence-electron chi connectivity index (χ3n) is 7.90. The van der Waals surface area contributed by atoms with Crippen LogP contribution in [0.25, 0.3) is 0 Å². The lowest BCUT2D eigenvalue weighted by atomic mass is 9.50. The van der Waals surface area contributed by atoms with Gasteiger partial charge in [-0.05, 0) is 58.3 Å². The fraction of sp³-hybridized carbons (Fsp3) is 0.957. The van der Waals surface area contributed by atoms with Crippen molar-refractivity contribution in [2.24, 2.45) is 11.3 Å². The Hall–Kier alpha value is -0.650. The maximum Gasteiger partial charge on any atom is 0.312 e. The van der Waals surface area contributed by atoms with E-state index >= 15 is 0 Å². The van der Waals surface area contributed by atoms with E-state index in [1.165, 1.54) is 19.3 Å². The highest BCUT2D eigenvalue weighted by Gasteiger charge is 2.65. The minimum atomic E-state index is -0.777. The van der Waals surface area contributed by atoms with Crippen LogP contribution in [0.15, 0.2) is 0 Å². The van der Waals surface area contributed by atoms with Crippen LogP contribution >= 0.6 is 0 Å². The Morgan fingerprint density at radius 3 is 2.39 bits per heavy atom. The molecule has 0 aromatic rings. The van der Waals surface area contributed by atoms with E-state index in [-0.39, 0.29) is 12.8 Å². The Balaban J connectivity index is 1.44. The van der Waals surface area contributed by atoms with Gasteiger partial charge in [0.1, 0.15) is 12.4 Å². The van der Waals surface area contributed by atoms with Crippen LogP contribution in [0.3, 0.4) is 0 Å². The molecular weight excluding hydrogens is 356 g/mol. The van der Waals surface area contributed by atoms with E-state index in [4.69, 9.17) is 14.2 Å². The van der Waals surface area contributed by atoms with E-state index in [1.54, 1.807) is 0 Å². The SMILES string of the molecule is CCC(C)(C)C(=O)OC12CC3CC(O)(CC(OCOC4CCCCC4)(C3)C1)C2. The molecular formula is C23H38O5. The first-order valence-electron chi connectivity index (χ1n) is 11.4. The first-order chi connectivity index (χ1) is 13.2. The Bertz CT molecular complexity index is 598. The normalized spacial score (nSPS) is 40.6. The minimum Gasteiger partial charge on any atom is -0.458 e. The van der Waals surface area contributed by atoms with Crippen LogP contribution in [0.5, 0.6) is 0 Å². The van der Waals surface area contributed by atoms with E-state index in [9.17, 15) is 9.90 Å². The van der Waals surface area contributed by atoms with Gasteiger partial charge in [-0.15, -0.1) is 0 Å². The zero-order chi connectivity index (χ0) is 20.0. The van der Waals surface area contributed by atoms with E-state index in [1.807, 2.05) is 20.8 Å². The summed E-state index contributed by atoms with van der Waals surface area (Å²) in [5.41, 5.74) is -2.27. The molecule has 160 valence electrons. The lowest BCUT2D eigenvalue weighted by Crippen LogP contribution is -2.68. The van der Waals surface area contributed by atoms with E-state index in [2.05, 4.69) is 0 Å². The largest absolute Gasteiger partial charge is 0.458 e. The zero-order valence-corrected chi connectivity index (χ0v) is 17.9. The molecule has 0 aliphatic heterocycles. The quantitative estimate of drug-likeness (QED) is 0.509. The molecule has 5 rings (SSSR count). The van der Waals surface area contributed by atoms with Crippen LogP contribution < -0.4 is 0 Å². The summed E-state index contributed by atoms with van der Waals surface area (Å²) < 4.78 is 18.6. The van der Waals surface area contributed by atoms with Crippen molar-refractivity contribution in [3.8, 4) is 0 Å². The van der Waals surface area contributed by atoms with Gasteiger partial charge in [0.15, 0.2) is 0 Å². The summed E-state index contributed by atoms with van der Waals surface area (Å²) in [7, 11) is 0. The van der Waals surface area contributed by atoms with Crippen molar-refractivity contribution in [2.75, 3.05) is 6.79 Å². The molecule has 4 atom stereocenters. The first-order valence-corrected chi connectivity index (χ1v) is 11.4. The Labute approximate surface area is 169 Å². The first kappa shape index (κ1) is 20.6. The van der Waals surface area contributed by atoms with Gasteiger partial charge in [-0.25, -0.2) is 0 Å². The third kappa shape index (κ3) is 3.99. The number of hydrogen-bond acceptors (Lipinski definition) is 5. The summed E-state index contributed by atoms with van der Waals surface area (Å²) in [6.45, 7) is 6.18. The summed E-state index contributed by atoms with van der Waals surface area (Å²) >= 11 is 0. The van der Waals surface area contributed by atoms with Crippen LogP contribution in [0.1, 0.15) is 97.8 Å². The summed E-state index contributed by atoms with van der Waals surface area (Å²) in [5, 5.41) is 11.2. The van der Waals surface area contributed by atoms with Gasteiger partial charge in [0.25, 0.3) is 0 Å². The number of hydrogen-bond donors (Lipinski definition) is 1. The van der Waals surface area contributed by atoms with E-state index in [0.717, 1.165) is 38.5 Å². The Morgan fingerprint density at radius 1 is 1.04 bits per heavy atom. The molecule has 5 saturated carbocycles. The molecule has 4 bridgehead atoms. The van der Waals surface area contributed by atoms with Crippen LogP contribution in [-0.4, -0.2) is 40.8 Å². The molecule has 0 aromatic carbocycles. The Kier molecular flexibility index (Phi) is 5.33. The van der Waals surface area contributed by atoms with Gasteiger partial charge in [0.05, 0.1) is 22.7 Å². The van der Waals surface area contributed by atoms with Gasteiger partial charge < -0.3 is 19.3 Å². The average molecular weight is 395 g/mol. The van der Waals surface area contributed by atoms with Crippen LogP contribution in [0.4, 0.5) is 0 Å². The second kappa shape index (κ2) is 7.24. The van der Waals surface area contributed by atoms with Crippen molar-refractivity contribution in [1.29, 1.82) is 0 Å². The molecule has 0 amide bonds. The molecule has 1 N–H and O–H groups in total. The summed E-state index contributed by atoms with van der Waals surface area (Å²) in [5.74, 6) is 0.211. The van der Waals surface area contributed by atoms with E-state index in [0.29, 0.717) is 31.3 Å². The molecule has 0 aromatic heterocycles. The third-order valence-corrected chi connectivity index (χ3v) is 7.90. The number of carbonyl (C=O) groups is 1. The number of rotatable bonds is 7. The standard InChI is InChI=1S/C23H38O5/c1-4-20(2,3)19(24)28-23-12-17-10-21(25,14-23)13-22(11-17,15-23)27-16-26-18-8-6-5-7-9-18/h17-18,25H,4-16H2,1-3H3. The number of carbonyl (C=O) groups excluding carboxylic acids is 1. The van der Waals surface area contributed by atoms with Gasteiger partial charge >= 0.3 is 5.97 Å². The fourth-order valence-electron chi connectivity index (χ4n) is 6.45. The van der Waals surface area contributed by atoms with Crippen molar-refractivity contribution in [3.63, 3.8) is 0 Å². The summed E-state index contributed by atoms with van der Waals surface area (Å²) in [6, 6.07) is 0. The second-order valence-electron chi connectivity index (χ2n) is 10.9. The van der Waals surface area contributed by atoms with Gasteiger partial charge in [-0.3, -0.25) is 4.79 Å². The Morgan fingerprint density at radius 2 is 1.71 bits per heavy atom. The zero-order valence-electron chi connectivity index (χ0n) is 17.9. The molecule has 5 aliphatic carbocycles. The highest BCUT2D eigenvalue weighted by atomic mass is 16.7. The molecule has 4 unspecified atom stereocenters. The predicted octanol–water partition coefficient (Wildman–Crippen LogP) is 4.50. The maximum atomic E-state index is 12.8. The molecule has 28 heavy (non-hydrogen) atoms. The van der Waals surface area contributed by atoms with Gasteiger partial charge in [-0.1, -0.05) is 26.2 Å². The molecule has 5 aliphatic rings. The van der Waals surface area contributed by atoms with E-state index < -0.39 is 22.2 Å². The van der Waals surface area contributed by atoms with Crippen molar-refractivity contribution in [3.05, 3.63) is 0 Å². The molecule has 5 nitrogen and oxygen atoms in total. The highest BCUT2D eigenvalue weighted by molar-refractivity contribution is 5.76. The summed E-state index contributed by atoms with van der Waals surface area (Å²) in [4.78, 5) is 12.8. The molecule has 0 radical (unpaired) electrons. The van der Waals surface area contributed by atoms with Crippen LogP contribution in [0.2, 0.25) is 0 Å². The lowest BCUT2D eigenvalue weighted by Gasteiger charge is -2.63. The molecule has 0 saturated heterocycles. The number of esters is 1. The average Bonchev–Trinajstić information content (AvgIpc) is 2.60. The maximum absolute atomic E-state index is 12.8. The highest BCUT2D eigenvalue weighted by Crippen LogP contribution is 2.62. The smallest absolute Gasteiger partial charge is 0.312 e. The fourth-order valence-corrected chi connectivity index (χ4v) is 6.45. The molecule has 5 heteroatoms. The molecule has 0 heterocycles. The van der Waals surface area contributed by atoms with Gasteiger partial charge in [0, 0.05) is 19.3 Å². The van der Waals surface area contributed by atoms with Crippen LogP contribution in [0, 0.1) is 11.3 Å². The second-order valence-corrected chi connectivity index (χ2v) is 10.9. The van der Waals surface area contributed by atoms with Gasteiger partial charge in [0.2, 0.25) is 0 Å². The lowest BCUT2D eigenvalue weighted by molar-refractivity contribution is -0.293. The monoisotopic (exact) mass is 394 g/mol. The van der Waals surface area contributed by atoms with Gasteiger partial charge in [-0.2, -0.15) is 0 Å². The van der Waals surface area contributed by atoms with Crippen molar-refractivity contribution in [2.45, 2.75) is 121 Å². The van der Waals surface area contributed by atoms with Crippen LogP contribution in [-0.2, 0) is 19.0 Å². The predicted molar refractivity (Wildman–Crippen MR) is 106 cm³/mol. The number of aliphatic hydroxyl groups is 1.